The first-order chi connectivity index (χ1) is 14.8. The molecule has 1 aliphatic rings. The van der Waals surface area contributed by atoms with Gasteiger partial charge in [-0.2, -0.15) is 0 Å². The van der Waals surface area contributed by atoms with Crippen LogP contribution in [0.4, 0.5) is 4.79 Å². The van der Waals surface area contributed by atoms with Gasteiger partial charge in [0.2, 0.25) is 0 Å². The van der Waals surface area contributed by atoms with E-state index in [4.69, 9.17) is 32.7 Å². The summed E-state index contributed by atoms with van der Waals surface area (Å²) in [4.78, 5) is 26.4. The van der Waals surface area contributed by atoms with Crippen LogP contribution in [0.5, 0.6) is 11.5 Å². The Labute approximate surface area is 203 Å². The van der Waals surface area contributed by atoms with Crippen molar-refractivity contribution in [2.24, 2.45) is 0 Å². The number of rotatable bonds is 8. The quantitative estimate of drug-likeness (QED) is 0.329. The van der Waals surface area contributed by atoms with E-state index in [1.54, 1.807) is 36.4 Å². The van der Waals surface area contributed by atoms with Crippen LogP contribution >= 0.6 is 50.9 Å². The lowest BCUT2D eigenvalue weighted by Crippen LogP contribution is -2.29. The first kappa shape index (κ1) is 24.0. The van der Waals surface area contributed by atoms with E-state index in [2.05, 4.69) is 15.9 Å². The fraction of sp³-hybridized carbons (Fsp3) is 0.273. The smallest absolute Gasteiger partial charge is 0.293 e. The van der Waals surface area contributed by atoms with E-state index in [0.717, 1.165) is 30.2 Å². The second-order valence-electron chi connectivity index (χ2n) is 6.74. The van der Waals surface area contributed by atoms with E-state index in [-0.39, 0.29) is 17.8 Å². The maximum absolute atomic E-state index is 12.6. The monoisotopic (exact) mass is 543 g/mol. The Morgan fingerprint density at radius 1 is 1.16 bits per heavy atom. The van der Waals surface area contributed by atoms with Crippen molar-refractivity contribution < 1.29 is 19.1 Å². The molecule has 31 heavy (non-hydrogen) atoms. The van der Waals surface area contributed by atoms with Crippen molar-refractivity contribution in [1.82, 2.24) is 4.90 Å². The molecule has 1 aliphatic heterocycles. The Morgan fingerprint density at radius 2 is 1.94 bits per heavy atom. The molecule has 0 unspecified atom stereocenters. The minimum atomic E-state index is -0.271. The SMILES string of the molecule is CCCCN1C(=O)S/C(=C\c2cc(OC)c(OCc3ccc(Cl)cc3Cl)cc2Br)C1=O. The lowest BCUT2D eigenvalue weighted by molar-refractivity contribution is -0.122. The van der Waals surface area contributed by atoms with Crippen LogP contribution in [-0.4, -0.2) is 29.7 Å². The highest BCUT2D eigenvalue weighted by atomic mass is 79.9. The number of thioether (sulfide) groups is 1. The van der Waals surface area contributed by atoms with Gasteiger partial charge in [-0.25, -0.2) is 0 Å². The summed E-state index contributed by atoms with van der Waals surface area (Å²) in [5.41, 5.74) is 1.49. The van der Waals surface area contributed by atoms with Gasteiger partial charge in [0.05, 0.1) is 12.0 Å². The Bertz CT molecular complexity index is 1040. The molecule has 0 atom stereocenters. The largest absolute Gasteiger partial charge is 0.493 e. The highest BCUT2D eigenvalue weighted by Gasteiger charge is 2.34. The van der Waals surface area contributed by atoms with Crippen LogP contribution in [0, 0.1) is 0 Å². The van der Waals surface area contributed by atoms with E-state index < -0.39 is 0 Å². The number of hydrogen-bond acceptors (Lipinski definition) is 5. The van der Waals surface area contributed by atoms with E-state index >= 15 is 0 Å². The summed E-state index contributed by atoms with van der Waals surface area (Å²) in [7, 11) is 1.54. The lowest BCUT2D eigenvalue weighted by atomic mass is 10.1. The number of unbranched alkanes of at least 4 members (excludes halogenated alkanes) is 1. The highest BCUT2D eigenvalue weighted by Crippen LogP contribution is 2.38. The van der Waals surface area contributed by atoms with Crippen LogP contribution in [0.1, 0.15) is 30.9 Å². The third-order valence-electron chi connectivity index (χ3n) is 4.58. The summed E-state index contributed by atoms with van der Waals surface area (Å²) >= 11 is 16.6. The Morgan fingerprint density at radius 3 is 2.61 bits per heavy atom. The summed E-state index contributed by atoms with van der Waals surface area (Å²) in [6.07, 6.45) is 3.38. The minimum Gasteiger partial charge on any atom is -0.493 e. The number of imide groups is 1. The average Bonchev–Trinajstić information content (AvgIpc) is 3.00. The second kappa shape index (κ2) is 10.8. The zero-order valence-corrected chi connectivity index (χ0v) is 20.8. The molecule has 164 valence electrons. The molecule has 1 heterocycles. The molecule has 0 N–H and O–H groups in total. The van der Waals surface area contributed by atoms with Gasteiger partial charge in [0.25, 0.3) is 11.1 Å². The summed E-state index contributed by atoms with van der Waals surface area (Å²) < 4.78 is 12.1. The number of hydrogen-bond donors (Lipinski definition) is 0. The molecule has 0 spiro atoms. The molecule has 0 aromatic heterocycles. The van der Waals surface area contributed by atoms with Crippen LogP contribution < -0.4 is 9.47 Å². The van der Waals surface area contributed by atoms with Crippen molar-refractivity contribution in [3.05, 3.63) is 60.9 Å². The van der Waals surface area contributed by atoms with Crippen LogP contribution in [-0.2, 0) is 11.4 Å². The predicted molar refractivity (Wildman–Crippen MR) is 129 cm³/mol. The van der Waals surface area contributed by atoms with Crippen LogP contribution in [0.3, 0.4) is 0 Å². The maximum Gasteiger partial charge on any atom is 0.293 e. The van der Waals surface area contributed by atoms with Gasteiger partial charge < -0.3 is 9.47 Å². The van der Waals surface area contributed by atoms with Crippen molar-refractivity contribution in [1.29, 1.82) is 0 Å². The number of carbonyl (C=O) groups excluding carboxylic acids is 2. The Hall–Kier alpha value is -1.67. The topological polar surface area (TPSA) is 55.8 Å². The molecule has 1 fully saturated rings. The van der Waals surface area contributed by atoms with Gasteiger partial charge in [-0.15, -0.1) is 0 Å². The van der Waals surface area contributed by atoms with Gasteiger partial charge in [-0.3, -0.25) is 14.5 Å². The van der Waals surface area contributed by atoms with Gasteiger partial charge in [0, 0.05) is 26.6 Å². The molecule has 3 rings (SSSR count). The van der Waals surface area contributed by atoms with E-state index in [1.807, 2.05) is 6.92 Å². The molecule has 0 aliphatic carbocycles. The number of benzene rings is 2. The third kappa shape index (κ3) is 5.77. The van der Waals surface area contributed by atoms with E-state index in [1.165, 1.54) is 12.0 Å². The maximum atomic E-state index is 12.6. The molecular formula is C22H20BrCl2NO4S. The lowest BCUT2D eigenvalue weighted by Gasteiger charge is -2.14. The van der Waals surface area contributed by atoms with Gasteiger partial charge in [-0.05, 0) is 54.1 Å². The first-order valence-corrected chi connectivity index (χ1v) is 11.9. The predicted octanol–water partition coefficient (Wildman–Crippen LogP) is 7.18. The number of amides is 2. The molecule has 2 aromatic carbocycles. The van der Waals surface area contributed by atoms with Gasteiger partial charge in [-0.1, -0.05) is 58.5 Å². The van der Waals surface area contributed by atoms with Crippen molar-refractivity contribution in [3.63, 3.8) is 0 Å². The molecular weight excluding hydrogens is 525 g/mol. The van der Waals surface area contributed by atoms with Crippen molar-refractivity contribution >= 4 is 68.1 Å². The minimum absolute atomic E-state index is 0.231. The normalized spacial score (nSPS) is 15.1. The van der Waals surface area contributed by atoms with Crippen LogP contribution in [0.2, 0.25) is 10.0 Å². The third-order valence-corrected chi connectivity index (χ3v) is 6.76. The second-order valence-corrected chi connectivity index (χ2v) is 9.43. The molecule has 0 bridgehead atoms. The Balaban J connectivity index is 1.81. The fourth-order valence-corrected chi connectivity index (χ4v) is 4.63. The van der Waals surface area contributed by atoms with Crippen molar-refractivity contribution in [2.75, 3.05) is 13.7 Å². The molecule has 0 saturated carbocycles. The van der Waals surface area contributed by atoms with Crippen LogP contribution in [0.15, 0.2) is 39.7 Å². The molecule has 0 radical (unpaired) electrons. The first-order valence-electron chi connectivity index (χ1n) is 9.53. The van der Waals surface area contributed by atoms with E-state index in [9.17, 15) is 9.59 Å². The van der Waals surface area contributed by atoms with Gasteiger partial charge in [0.15, 0.2) is 11.5 Å². The number of ether oxygens (including phenoxy) is 2. The zero-order valence-electron chi connectivity index (χ0n) is 16.9. The van der Waals surface area contributed by atoms with Gasteiger partial charge >= 0.3 is 0 Å². The molecule has 1 saturated heterocycles. The summed E-state index contributed by atoms with van der Waals surface area (Å²) in [5.74, 6) is 0.727. The number of halogens is 3. The number of nitrogens with zero attached hydrogens (tertiary/aromatic N) is 1. The average molecular weight is 545 g/mol. The molecule has 9 heteroatoms. The van der Waals surface area contributed by atoms with Gasteiger partial charge in [0.1, 0.15) is 6.61 Å². The standard InChI is InChI=1S/C22H20BrCl2NO4S/c1-3-4-7-26-21(27)20(31-22(26)28)9-14-8-18(29-2)19(11-16(14)23)30-12-13-5-6-15(24)10-17(13)25/h5-6,8-11H,3-4,7,12H2,1-2H3/b20-9-. The van der Waals surface area contributed by atoms with Crippen LogP contribution in [0.25, 0.3) is 6.08 Å². The molecule has 2 aromatic rings. The zero-order chi connectivity index (χ0) is 22.5. The number of carbonyl (C=O) groups is 2. The summed E-state index contributed by atoms with van der Waals surface area (Å²) in [6, 6.07) is 8.72. The molecule has 5 nitrogen and oxygen atoms in total. The highest BCUT2D eigenvalue weighted by molar-refractivity contribution is 9.10. The Kier molecular flexibility index (Phi) is 8.33. The van der Waals surface area contributed by atoms with Crippen molar-refractivity contribution in [2.45, 2.75) is 26.4 Å². The molecule has 2 amide bonds. The fourth-order valence-electron chi connectivity index (χ4n) is 2.88. The summed E-state index contributed by atoms with van der Waals surface area (Å²) in [5, 5.41) is 0.825. The summed E-state index contributed by atoms with van der Waals surface area (Å²) in [6.45, 7) is 2.68. The van der Waals surface area contributed by atoms with Crippen molar-refractivity contribution in [3.8, 4) is 11.5 Å². The number of methoxy groups -OCH3 is 1. The van der Waals surface area contributed by atoms with E-state index in [0.29, 0.717) is 43.0 Å².